The Bertz CT molecular complexity index is 1180. The maximum Gasteiger partial charge on any atom is 0.206 e. The highest BCUT2D eigenvalue weighted by atomic mass is 32.2. The van der Waals surface area contributed by atoms with E-state index in [1.807, 2.05) is 12.1 Å². The largest absolute Gasteiger partial charge is 0.269 e. The predicted molar refractivity (Wildman–Crippen MR) is 110 cm³/mol. The van der Waals surface area contributed by atoms with Crippen LogP contribution in [0.5, 0.6) is 0 Å². The Hall–Kier alpha value is -3.16. The number of fused-ring (bicyclic) bond motifs is 2. The second-order valence-electron chi connectivity index (χ2n) is 6.22. The molecule has 0 atom stereocenters. The van der Waals surface area contributed by atoms with Gasteiger partial charge in [0.2, 0.25) is 5.17 Å². The van der Waals surface area contributed by atoms with Gasteiger partial charge in [0.25, 0.3) is 0 Å². The van der Waals surface area contributed by atoms with E-state index in [-0.39, 0.29) is 0 Å². The minimum Gasteiger partial charge on any atom is -0.269 e. The third kappa shape index (κ3) is 2.87. The Morgan fingerprint density at radius 3 is 2.70 bits per heavy atom. The van der Waals surface area contributed by atoms with Crippen molar-refractivity contribution in [2.75, 3.05) is 7.05 Å². The van der Waals surface area contributed by atoms with Gasteiger partial charge in [0.1, 0.15) is 11.4 Å². The highest BCUT2D eigenvalue weighted by Crippen LogP contribution is 2.33. The van der Waals surface area contributed by atoms with Crippen LogP contribution in [0.2, 0.25) is 0 Å². The Morgan fingerprint density at radius 2 is 1.81 bits per heavy atom. The summed E-state index contributed by atoms with van der Waals surface area (Å²) in [5, 5.41) is 11.2. The first-order valence-corrected chi connectivity index (χ1v) is 9.34. The third-order valence-electron chi connectivity index (χ3n) is 4.54. The average Bonchev–Trinajstić information content (AvgIpc) is 3.12. The van der Waals surface area contributed by atoms with Crippen LogP contribution in [-0.2, 0) is 0 Å². The summed E-state index contributed by atoms with van der Waals surface area (Å²) in [6.07, 6.45) is 1.60. The van der Waals surface area contributed by atoms with Crippen LogP contribution < -0.4 is 11.1 Å². The lowest BCUT2D eigenvalue weighted by atomic mass is 9.97. The fourth-order valence-corrected chi connectivity index (χ4v) is 4.03. The number of hydrogen-bond donors (Lipinski definition) is 2. The molecule has 1 aliphatic heterocycles. The van der Waals surface area contributed by atoms with Crippen LogP contribution in [0.3, 0.4) is 0 Å². The van der Waals surface area contributed by atoms with E-state index in [0.717, 1.165) is 26.7 Å². The van der Waals surface area contributed by atoms with Gasteiger partial charge in [-0.2, -0.15) is 0 Å². The smallest absolute Gasteiger partial charge is 0.206 e. The van der Waals surface area contributed by atoms with Crippen molar-refractivity contribution < 1.29 is 0 Å². The topological polar surface area (TPSA) is 65.4 Å². The summed E-state index contributed by atoms with van der Waals surface area (Å²) >= 11 is 1.50. The molecule has 132 valence electrons. The third-order valence-corrected chi connectivity index (χ3v) is 5.61. The second-order valence-corrected chi connectivity index (χ2v) is 7.17. The quantitative estimate of drug-likeness (QED) is 0.522. The lowest BCUT2D eigenvalue weighted by Gasteiger charge is -2.12. The van der Waals surface area contributed by atoms with Crippen molar-refractivity contribution in [1.82, 2.24) is 26.0 Å². The summed E-state index contributed by atoms with van der Waals surface area (Å²) in [5.41, 5.74) is 8.92. The minimum absolute atomic E-state index is 0.797. The molecule has 0 saturated carbocycles. The van der Waals surface area contributed by atoms with Crippen LogP contribution in [0.15, 0.2) is 77.1 Å². The molecule has 0 saturated heterocycles. The first-order chi connectivity index (χ1) is 13.3. The Balaban J connectivity index is 1.65. The van der Waals surface area contributed by atoms with Crippen LogP contribution in [0.4, 0.5) is 0 Å². The molecule has 7 heteroatoms. The summed E-state index contributed by atoms with van der Waals surface area (Å²) in [6.45, 7) is 0. The first-order valence-electron chi connectivity index (χ1n) is 8.52. The SMILES string of the molecule is CN1NNN=C1Sc1ncnc2ccc(-c3cccc4ccccc34)cc12. The van der Waals surface area contributed by atoms with Gasteiger partial charge in [0.15, 0.2) is 0 Å². The number of hydrogen-bond acceptors (Lipinski definition) is 7. The fraction of sp³-hybridized carbons (Fsp3) is 0.0500. The van der Waals surface area contributed by atoms with E-state index in [2.05, 4.69) is 86.8 Å². The van der Waals surface area contributed by atoms with Crippen molar-refractivity contribution in [3.8, 4) is 11.1 Å². The molecule has 2 N–H and O–H groups in total. The molecule has 3 aromatic carbocycles. The number of amidine groups is 1. The Kier molecular flexibility index (Phi) is 3.88. The molecule has 2 heterocycles. The molecule has 0 spiro atoms. The number of hydrazone groups is 1. The molecule has 4 aromatic rings. The fourth-order valence-electron chi connectivity index (χ4n) is 3.21. The second kappa shape index (κ2) is 6.53. The van der Waals surface area contributed by atoms with E-state index >= 15 is 0 Å². The summed E-state index contributed by atoms with van der Waals surface area (Å²) in [5.74, 6) is 0. The molecule has 6 nitrogen and oxygen atoms in total. The summed E-state index contributed by atoms with van der Waals surface area (Å²) in [4.78, 5) is 8.91. The number of rotatable bonds is 2. The van der Waals surface area contributed by atoms with E-state index in [1.54, 1.807) is 6.33 Å². The zero-order chi connectivity index (χ0) is 18.2. The maximum atomic E-state index is 4.49. The van der Waals surface area contributed by atoms with Crippen molar-refractivity contribution in [3.63, 3.8) is 0 Å². The molecule has 0 bridgehead atoms. The zero-order valence-corrected chi connectivity index (χ0v) is 15.4. The number of benzene rings is 3. The van der Waals surface area contributed by atoms with Gasteiger partial charge in [-0.15, -0.1) is 10.6 Å². The Morgan fingerprint density at radius 1 is 0.926 bits per heavy atom. The van der Waals surface area contributed by atoms with E-state index in [4.69, 9.17) is 0 Å². The number of nitrogens with zero attached hydrogens (tertiary/aromatic N) is 4. The predicted octanol–water partition coefficient (Wildman–Crippen LogP) is 3.77. The van der Waals surface area contributed by atoms with Crippen LogP contribution in [-0.4, -0.2) is 27.2 Å². The van der Waals surface area contributed by atoms with Crippen molar-refractivity contribution >= 4 is 38.6 Å². The van der Waals surface area contributed by atoms with Crippen molar-refractivity contribution in [2.24, 2.45) is 5.10 Å². The molecule has 5 rings (SSSR count). The van der Waals surface area contributed by atoms with Crippen LogP contribution in [0, 0.1) is 0 Å². The first kappa shape index (κ1) is 16.0. The van der Waals surface area contributed by atoms with Crippen molar-refractivity contribution in [2.45, 2.75) is 5.03 Å². The van der Waals surface area contributed by atoms with Gasteiger partial charge in [0, 0.05) is 12.4 Å². The summed E-state index contributed by atoms with van der Waals surface area (Å²) in [7, 11) is 1.90. The summed E-state index contributed by atoms with van der Waals surface area (Å²) < 4.78 is 0. The van der Waals surface area contributed by atoms with Gasteiger partial charge in [-0.3, -0.25) is 5.01 Å². The maximum absolute atomic E-state index is 4.49. The number of aromatic nitrogens is 2. The molecular weight excluding hydrogens is 356 g/mol. The van der Waals surface area contributed by atoms with Gasteiger partial charge < -0.3 is 0 Å². The highest BCUT2D eigenvalue weighted by molar-refractivity contribution is 8.13. The molecular formula is C20H16N6S. The molecule has 0 radical (unpaired) electrons. The normalized spacial score (nSPS) is 13.8. The average molecular weight is 372 g/mol. The standard InChI is InChI=1S/C20H16N6S/c1-26-20(23-24-25-26)27-19-17-11-14(9-10-18(17)21-12-22-19)16-8-4-6-13-5-2-3-7-15(13)16/h2-12,24-25H,1H3. The van der Waals surface area contributed by atoms with Gasteiger partial charge in [-0.05, 0) is 45.8 Å². The zero-order valence-electron chi connectivity index (χ0n) is 14.5. The van der Waals surface area contributed by atoms with Gasteiger partial charge in [0.05, 0.1) is 5.52 Å². The number of thioether (sulfide) groups is 1. The van der Waals surface area contributed by atoms with Crippen LogP contribution in [0.25, 0.3) is 32.8 Å². The van der Waals surface area contributed by atoms with Crippen molar-refractivity contribution in [3.05, 3.63) is 67.0 Å². The minimum atomic E-state index is 0.797. The summed E-state index contributed by atoms with van der Waals surface area (Å²) in [6, 6.07) is 21.2. The molecule has 0 unspecified atom stereocenters. The number of nitrogens with one attached hydrogen (secondary N) is 2. The molecule has 27 heavy (non-hydrogen) atoms. The van der Waals surface area contributed by atoms with Gasteiger partial charge in [-0.25, -0.2) is 15.5 Å². The number of hydrazine groups is 2. The Labute approximate surface area is 160 Å². The van der Waals surface area contributed by atoms with Crippen molar-refractivity contribution in [1.29, 1.82) is 0 Å². The van der Waals surface area contributed by atoms with E-state index in [1.165, 1.54) is 28.1 Å². The monoisotopic (exact) mass is 372 g/mol. The van der Waals surface area contributed by atoms with Crippen LogP contribution >= 0.6 is 11.8 Å². The van der Waals surface area contributed by atoms with Gasteiger partial charge in [-0.1, -0.05) is 48.5 Å². The lowest BCUT2D eigenvalue weighted by Crippen LogP contribution is -2.36. The van der Waals surface area contributed by atoms with Crippen LogP contribution in [0.1, 0.15) is 0 Å². The van der Waals surface area contributed by atoms with E-state index < -0.39 is 0 Å². The molecule has 1 aromatic heterocycles. The molecule has 1 aliphatic rings. The lowest BCUT2D eigenvalue weighted by molar-refractivity contribution is 0.352. The highest BCUT2D eigenvalue weighted by Gasteiger charge is 2.17. The molecule has 0 fully saturated rings. The molecule has 0 amide bonds. The molecule has 0 aliphatic carbocycles. The van der Waals surface area contributed by atoms with E-state index in [9.17, 15) is 0 Å². The van der Waals surface area contributed by atoms with Gasteiger partial charge >= 0.3 is 0 Å². The van der Waals surface area contributed by atoms with E-state index in [0.29, 0.717) is 0 Å².